The highest BCUT2D eigenvalue weighted by Gasteiger charge is 2.12. The van der Waals surface area contributed by atoms with E-state index in [0.29, 0.717) is 17.1 Å². The third kappa shape index (κ3) is 3.01. The van der Waals surface area contributed by atoms with Gasteiger partial charge in [-0.2, -0.15) is 5.26 Å². The summed E-state index contributed by atoms with van der Waals surface area (Å²) in [5.41, 5.74) is 2.60. The Bertz CT molecular complexity index is 921. The van der Waals surface area contributed by atoms with Gasteiger partial charge in [-0.05, 0) is 42.0 Å². The van der Waals surface area contributed by atoms with Gasteiger partial charge in [0.05, 0.1) is 23.5 Å². The molecular weight excluding hydrogens is 307 g/mol. The van der Waals surface area contributed by atoms with E-state index in [1.54, 1.807) is 29.9 Å². The van der Waals surface area contributed by atoms with Crippen LogP contribution < -0.4 is 5.32 Å². The number of nitrogens with zero attached hydrogens (tertiary/aromatic N) is 3. The number of benzene rings is 2. The molecule has 3 rings (SSSR count). The molecule has 0 spiro atoms. The number of rotatable bonds is 3. The Balaban J connectivity index is 1.83. The van der Waals surface area contributed by atoms with Crippen LogP contribution in [0.4, 0.5) is 10.3 Å². The van der Waals surface area contributed by atoms with E-state index in [2.05, 4.69) is 16.4 Å². The van der Waals surface area contributed by atoms with Crippen LogP contribution in [0.2, 0.25) is 0 Å². The van der Waals surface area contributed by atoms with Gasteiger partial charge in [-0.15, -0.1) is 0 Å². The molecule has 1 aromatic heterocycles. The number of aromatic nitrogens is 2. The molecule has 0 aliphatic carbocycles. The second-order valence-electron chi connectivity index (χ2n) is 5.18. The second-order valence-corrected chi connectivity index (χ2v) is 5.18. The van der Waals surface area contributed by atoms with E-state index >= 15 is 0 Å². The first-order valence-corrected chi connectivity index (χ1v) is 7.17. The van der Waals surface area contributed by atoms with Gasteiger partial charge >= 0.3 is 0 Å². The number of hydrogen-bond donors (Lipinski definition) is 1. The summed E-state index contributed by atoms with van der Waals surface area (Å²) < 4.78 is 14.7. The lowest BCUT2D eigenvalue weighted by atomic mass is 10.1. The van der Waals surface area contributed by atoms with Crippen LogP contribution in [-0.4, -0.2) is 15.5 Å². The first-order chi connectivity index (χ1) is 11.6. The maximum absolute atomic E-state index is 12.9. The van der Waals surface area contributed by atoms with E-state index in [1.807, 2.05) is 12.1 Å². The molecule has 1 heterocycles. The van der Waals surface area contributed by atoms with Crippen LogP contribution in [0.1, 0.15) is 15.9 Å². The molecule has 0 saturated carbocycles. The van der Waals surface area contributed by atoms with E-state index in [4.69, 9.17) is 5.26 Å². The van der Waals surface area contributed by atoms with Crippen molar-refractivity contribution in [3.8, 4) is 17.3 Å². The molecule has 5 nitrogen and oxygen atoms in total. The van der Waals surface area contributed by atoms with Gasteiger partial charge in [-0.25, -0.2) is 9.37 Å². The van der Waals surface area contributed by atoms with Crippen molar-refractivity contribution < 1.29 is 9.18 Å². The van der Waals surface area contributed by atoms with E-state index in [9.17, 15) is 9.18 Å². The van der Waals surface area contributed by atoms with Crippen molar-refractivity contribution in [2.24, 2.45) is 7.05 Å². The topological polar surface area (TPSA) is 70.7 Å². The predicted octanol–water partition coefficient (Wildman–Crippen LogP) is 3.35. The van der Waals surface area contributed by atoms with Gasteiger partial charge in [-0.1, -0.05) is 12.1 Å². The highest BCUT2D eigenvalue weighted by atomic mass is 19.1. The summed E-state index contributed by atoms with van der Waals surface area (Å²) in [6, 6.07) is 14.4. The SMILES string of the molecule is Cn1c(-c2ccc(C#N)cc2)cnc1NC(=O)c1ccc(F)cc1. The third-order valence-corrected chi connectivity index (χ3v) is 3.63. The highest BCUT2D eigenvalue weighted by Crippen LogP contribution is 2.22. The number of hydrogen-bond acceptors (Lipinski definition) is 3. The van der Waals surface area contributed by atoms with Gasteiger partial charge < -0.3 is 4.57 Å². The van der Waals surface area contributed by atoms with Gasteiger partial charge in [0.1, 0.15) is 5.82 Å². The number of imidazole rings is 1. The lowest BCUT2D eigenvalue weighted by Crippen LogP contribution is -2.15. The first-order valence-electron chi connectivity index (χ1n) is 7.17. The molecule has 0 aliphatic rings. The largest absolute Gasteiger partial charge is 0.313 e. The number of amides is 1. The molecule has 2 aromatic carbocycles. The van der Waals surface area contributed by atoms with Crippen molar-refractivity contribution in [3.05, 3.63) is 71.7 Å². The zero-order valence-corrected chi connectivity index (χ0v) is 12.8. The van der Waals surface area contributed by atoms with Crippen LogP contribution in [0.15, 0.2) is 54.7 Å². The quantitative estimate of drug-likeness (QED) is 0.804. The molecule has 1 N–H and O–H groups in total. The average Bonchev–Trinajstić information content (AvgIpc) is 2.96. The molecule has 0 unspecified atom stereocenters. The minimum atomic E-state index is -0.397. The van der Waals surface area contributed by atoms with Gasteiger partial charge in [0.25, 0.3) is 5.91 Å². The monoisotopic (exact) mass is 320 g/mol. The summed E-state index contributed by atoms with van der Waals surface area (Å²) >= 11 is 0. The Morgan fingerprint density at radius 1 is 1.17 bits per heavy atom. The highest BCUT2D eigenvalue weighted by molar-refractivity contribution is 6.03. The summed E-state index contributed by atoms with van der Waals surface area (Å²) in [5.74, 6) is -0.384. The van der Waals surface area contributed by atoms with Gasteiger partial charge in [0.2, 0.25) is 5.95 Å². The van der Waals surface area contributed by atoms with Crippen molar-refractivity contribution in [1.29, 1.82) is 5.26 Å². The molecule has 6 heteroatoms. The Morgan fingerprint density at radius 2 is 1.83 bits per heavy atom. The Morgan fingerprint density at radius 3 is 2.46 bits per heavy atom. The molecule has 118 valence electrons. The van der Waals surface area contributed by atoms with Crippen LogP contribution in [0.3, 0.4) is 0 Å². The van der Waals surface area contributed by atoms with Gasteiger partial charge in [-0.3, -0.25) is 10.1 Å². The second kappa shape index (κ2) is 6.34. The van der Waals surface area contributed by atoms with Crippen LogP contribution in [0, 0.1) is 17.1 Å². The molecule has 0 atom stereocenters. The number of carbonyl (C=O) groups is 1. The van der Waals surface area contributed by atoms with Gasteiger partial charge in [0.15, 0.2) is 0 Å². The molecule has 3 aromatic rings. The summed E-state index contributed by atoms with van der Waals surface area (Å²) in [4.78, 5) is 16.4. The molecule has 0 fully saturated rings. The fraction of sp³-hybridized carbons (Fsp3) is 0.0556. The fourth-order valence-electron chi connectivity index (χ4n) is 2.28. The molecule has 0 saturated heterocycles. The summed E-state index contributed by atoms with van der Waals surface area (Å²) in [6.45, 7) is 0. The van der Waals surface area contributed by atoms with E-state index in [-0.39, 0.29) is 5.91 Å². The smallest absolute Gasteiger partial charge is 0.257 e. The number of nitriles is 1. The van der Waals surface area contributed by atoms with E-state index in [1.165, 1.54) is 24.3 Å². The Kier molecular flexibility index (Phi) is 4.08. The van der Waals surface area contributed by atoms with Crippen molar-refractivity contribution in [2.45, 2.75) is 0 Å². The maximum atomic E-state index is 12.9. The fourth-order valence-corrected chi connectivity index (χ4v) is 2.28. The number of carbonyl (C=O) groups excluding carboxylic acids is 1. The lowest BCUT2D eigenvalue weighted by molar-refractivity contribution is 0.102. The lowest BCUT2D eigenvalue weighted by Gasteiger charge is -2.08. The van der Waals surface area contributed by atoms with Crippen LogP contribution >= 0.6 is 0 Å². The van der Waals surface area contributed by atoms with Crippen molar-refractivity contribution in [3.63, 3.8) is 0 Å². The Labute approximate surface area is 138 Å². The molecule has 24 heavy (non-hydrogen) atoms. The van der Waals surface area contributed by atoms with Crippen LogP contribution in [0.5, 0.6) is 0 Å². The average molecular weight is 320 g/mol. The molecule has 0 bridgehead atoms. The zero-order chi connectivity index (χ0) is 17.1. The predicted molar refractivity (Wildman–Crippen MR) is 87.7 cm³/mol. The zero-order valence-electron chi connectivity index (χ0n) is 12.8. The number of anilines is 1. The minimum Gasteiger partial charge on any atom is -0.313 e. The summed E-state index contributed by atoms with van der Waals surface area (Å²) in [5, 5.41) is 11.5. The third-order valence-electron chi connectivity index (χ3n) is 3.63. The molecule has 1 amide bonds. The number of halogens is 1. The van der Waals surface area contributed by atoms with Crippen molar-refractivity contribution in [2.75, 3.05) is 5.32 Å². The summed E-state index contributed by atoms with van der Waals surface area (Å²) in [7, 11) is 1.78. The molecular formula is C18H13FN4O. The minimum absolute atomic E-state index is 0.347. The summed E-state index contributed by atoms with van der Waals surface area (Å²) in [6.07, 6.45) is 1.64. The maximum Gasteiger partial charge on any atom is 0.257 e. The van der Waals surface area contributed by atoms with E-state index < -0.39 is 5.82 Å². The van der Waals surface area contributed by atoms with Gasteiger partial charge in [0, 0.05) is 12.6 Å². The Hall–Kier alpha value is -3.46. The van der Waals surface area contributed by atoms with Crippen LogP contribution in [0.25, 0.3) is 11.3 Å². The van der Waals surface area contributed by atoms with Crippen molar-refractivity contribution in [1.82, 2.24) is 9.55 Å². The first kappa shape index (κ1) is 15.4. The number of nitrogens with one attached hydrogen (secondary N) is 1. The van der Waals surface area contributed by atoms with Crippen LogP contribution in [-0.2, 0) is 7.05 Å². The van der Waals surface area contributed by atoms with Crippen molar-refractivity contribution >= 4 is 11.9 Å². The normalized spacial score (nSPS) is 10.2. The van der Waals surface area contributed by atoms with E-state index in [0.717, 1.165) is 11.3 Å². The molecule has 0 radical (unpaired) electrons. The standard InChI is InChI=1S/C18H13FN4O/c1-23-16(13-4-2-12(10-20)3-5-13)11-21-18(23)22-17(24)14-6-8-15(19)9-7-14/h2-9,11H,1H3,(H,21,22,24). The molecule has 0 aliphatic heterocycles.